The van der Waals surface area contributed by atoms with Crippen molar-refractivity contribution >= 4 is 27.5 Å². The second-order valence-corrected chi connectivity index (χ2v) is 6.19. The number of ether oxygens (including phenoxy) is 1. The summed E-state index contributed by atoms with van der Waals surface area (Å²) in [5.41, 5.74) is -0.0592. The molecule has 0 radical (unpaired) electrons. The highest BCUT2D eigenvalue weighted by Gasteiger charge is 2.51. The third kappa shape index (κ3) is 2.32. The molecule has 1 nitrogen and oxygen atoms in total. The molecule has 2 rings (SSSR count). The van der Waals surface area contributed by atoms with E-state index in [4.69, 9.17) is 16.3 Å². The molecule has 1 aliphatic rings. The van der Waals surface area contributed by atoms with Crippen molar-refractivity contribution in [2.24, 2.45) is 5.41 Å². The number of hydrogen-bond acceptors (Lipinski definition) is 1. The van der Waals surface area contributed by atoms with Crippen molar-refractivity contribution in [2.75, 3.05) is 0 Å². The Hall–Kier alpha value is -0.280. The summed E-state index contributed by atoms with van der Waals surface area (Å²) in [5, 5.41) is 0.118. The summed E-state index contributed by atoms with van der Waals surface area (Å²) < 4.78 is 20.1. The zero-order chi connectivity index (χ0) is 12.6. The average Bonchev–Trinajstić information content (AvgIpc) is 2.32. The molecule has 1 fully saturated rings. The second-order valence-electron chi connectivity index (χ2n) is 4.74. The van der Waals surface area contributed by atoms with Gasteiger partial charge in [-0.1, -0.05) is 29.8 Å². The smallest absolute Gasteiger partial charge is 0.165 e. The van der Waals surface area contributed by atoms with Gasteiger partial charge in [0.15, 0.2) is 11.6 Å². The molecule has 0 aliphatic heterocycles. The van der Waals surface area contributed by atoms with E-state index in [2.05, 4.69) is 29.8 Å². The standard InChI is InChI=1S/C13H15BrClFO/c1-3-13(2)11(15)7-12(13)17-10-6-8(14)4-5-9(10)16/h4-6,11-12H,3,7H2,1-2H3. The van der Waals surface area contributed by atoms with Crippen molar-refractivity contribution in [3.8, 4) is 5.75 Å². The van der Waals surface area contributed by atoms with Crippen molar-refractivity contribution < 1.29 is 9.13 Å². The van der Waals surface area contributed by atoms with E-state index in [0.29, 0.717) is 5.75 Å². The van der Waals surface area contributed by atoms with Gasteiger partial charge in [-0.05, 0) is 24.6 Å². The Morgan fingerprint density at radius 1 is 1.59 bits per heavy atom. The topological polar surface area (TPSA) is 9.23 Å². The largest absolute Gasteiger partial charge is 0.487 e. The first-order chi connectivity index (χ1) is 7.97. The predicted molar refractivity (Wildman–Crippen MR) is 71.2 cm³/mol. The first-order valence-electron chi connectivity index (χ1n) is 5.73. The molecule has 0 saturated heterocycles. The molecular weight excluding hydrogens is 306 g/mol. The maximum Gasteiger partial charge on any atom is 0.165 e. The molecule has 0 heterocycles. The van der Waals surface area contributed by atoms with Crippen LogP contribution in [0.3, 0.4) is 0 Å². The minimum Gasteiger partial charge on any atom is -0.487 e. The van der Waals surface area contributed by atoms with Crippen LogP contribution < -0.4 is 4.74 Å². The maximum absolute atomic E-state index is 13.6. The molecule has 0 N–H and O–H groups in total. The Bertz CT molecular complexity index is 426. The third-order valence-corrected chi connectivity index (χ3v) is 4.97. The van der Waals surface area contributed by atoms with Gasteiger partial charge in [-0.25, -0.2) is 4.39 Å². The van der Waals surface area contributed by atoms with Gasteiger partial charge >= 0.3 is 0 Å². The molecule has 1 aromatic rings. The SMILES string of the molecule is CCC1(C)C(Cl)CC1Oc1cc(Br)ccc1F. The Labute approximate surface area is 114 Å². The van der Waals surface area contributed by atoms with Gasteiger partial charge in [0.25, 0.3) is 0 Å². The number of hydrogen-bond donors (Lipinski definition) is 0. The summed E-state index contributed by atoms with van der Waals surface area (Å²) in [6, 6.07) is 4.72. The number of benzene rings is 1. The third-order valence-electron chi connectivity index (χ3n) is 3.80. The summed E-state index contributed by atoms with van der Waals surface area (Å²) in [6.45, 7) is 4.18. The summed E-state index contributed by atoms with van der Waals surface area (Å²) in [6.07, 6.45) is 1.71. The van der Waals surface area contributed by atoms with Crippen LogP contribution in [0.2, 0.25) is 0 Å². The molecule has 1 aliphatic carbocycles. The Balaban J connectivity index is 2.14. The molecule has 3 atom stereocenters. The maximum atomic E-state index is 13.6. The van der Waals surface area contributed by atoms with Gasteiger partial charge in [0.2, 0.25) is 0 Å². The van der Waals surface area contributed by atoms with E-state index in [1.165, 1.54) is 6.07 Å². The van der Waals surface area contributed by atoms with Gasteiger partial charge < -0.3 is 4.74 Å². The lowest BCUT2D eigenvalue weighted by Gasteiger charge is -2.50. The van der Waals surface area contributed by atoms with Gasteiger partial charge in [0, 0.05) is 21.7 Å². The van der Waals surface area contributed by atoms with E-state index in [0.717, 1.165) is 17.3 Å². The van der Waals surface area contributed by atoms with Crippen LogP contribution in [-0.4, -0.2) is 11.5 Å². The van der Waals surface area contributed by atoms with Crippen LogP contribution in [0.15, 0.2) is 22.7 Å². The normalized spacial score (nSPS) is 32.1. The molecular formula is C13H15BrClFO. The summed E-state index contributed by atoms with van der Waals surface area (Å²) in [4.78, 5) is 0. The highest BCUT2D eigenvalue weighted by Crippen LogP contribution is 2.49. The molecule has 94 valence electrons. The van der Waals surface area contributed by atoms with E-state index in [1.54, 1.807) is 12.1 Å². The summed E-state index contributed by atoms with van der Waals surface area (Å²) in [5.74, 6) is -0.0303. The van der Waals surface area contributed by atoms with E-state index in [-0.39, 0.29) is 22.7 Å². The monoisotopic (exact) mass is 320 g/mol. The molecule has 4 heteroatoms. The first kappa shape index (κ1) is 13.2. The molecule has 1 saturated carbocycles. The molecule has 1 aromatic carbocycles. The van der Waals surface area contributed by atoms with Crippen molar-refractivity contribution in [3.05, 3.63) is 28.5 Å². The van der Waals surface area contributed by atoms with Gasteiger partial charge in [0.1, 0.15) is 6.10 Å². The molecule has 0 bridgehead atoms. The van der Waals surface area contributed by atoms with Crippen LogP contribution in [0.4, 0.5) is 4.39 Å². The highest BCUT2D eigenvalue weighted by molar-refractivity contribution is 9.10. The summed E-state index contributed by atoms with van der Waals surface area (Å²) in [7, 11) is 0. The molecule has 17 heavy (non-hydrogen) atoms. The van der Waals surface area contributed by atoms with Gasteiger partial charge in [-0.15, -0.1) is 11.6 Å². The Morgan fingerprint density at radius 2 is 2.29 bits per heavy atom. The van der Waals surface area contributed by atoms with Crippen LogP contribution in [-0.2, 0) is 0 Å². The fourth-order valence-electron chi connectivity index (χ4n) is 2.12. The first-order valence-corrected chi connectivity index (χ1v) is 6.96. The highest BCUT2D eigenvalue weighted by atomic mass is 79.9. The Kier molecular flexibility index (Phi) is 3.69. The Morgan fingerprint density at radius 3 is 2.88 bits per heavy atom. The van der Waals surface area contributed by atoms with E-state index in [1.807, 2.05) is 0 Å². The van der Waals surface area contributed by atoms with Crippen molar-refractivity contribution in [3.63, 3.8) is 0 Å². The lowest BCUT2D eigenvalue weighted by atomic mass is 9.65. The van der Waals surface area contributed by atoms with Gasteiger partial charge in [-0.3, -0.25) is 0 Å². The van der Waals surface area contributed by atoms with Crippen LogP contribution >= 0.6 is 27.5 Å². The lowest BCUT2D eigenvalue weighted by molar-refractivity contribution is -0.0315. The zero-order valence-electron chi connectivity index (χ0n) is 9.84. The van der Waals surface area contributed by atoms with Crippen LogP contribution in [0.25, 0.3) is 0 Å². The van der Waals surface area contributed by atoms with E-state index >= 15 is 0 Å². The van der Waals surface area contributed by atoms with Crippen molar-refractivity contribution in [1.82, 2.24) is 0 Å². The minimum atomic E-state index is -0.329. The van der Waals surface area contributed by atoms with Gasteiger partial charge in [-0.2, -0.15) is 0 Å². The van der Waals surface area contributed by atoms with Crippen molar-refractivity contribution in [1.29, 1.82) is 0 Å². The fourth-order valence-corrected chi connectivity index (χ4v) is 2.92. The van der Waals surface area contributed by atoms with Crippen LogP contribution in [0.1, 0.15) is 26.7 Å². The fraction of sp³-hybridized carbons (Fsp3) is 0.538. The summed E-state index contributed by atoms with van der Waals surface area (Å²) >= 11 is 9.52. The van der Waals surface area contributed by atoms with Crippen molar-refractivity contribution in [2.45, 2.75) is 38.2 Å². The molecule has 0 amide bonds. The van der Waals surface area contributed by atoms with Crippen LogP contribution in [0, 0.1) is 11.2 Å². The number of rotatable bonds is 3. The predicted octanol–water partition coefficient (Wildman–Crippen LogP) is 4.76. The van der Waals surface area contributed by atoms with E-state index in [9.17, 15) is 4.39 Å². The van der Waals surface area contributed by atoms with E-state index < -0.39 is 0 Å². The zero-order valence-corrected chi connectivity index (χ0v) is 12.2. The molecule has 3 unspecified atom stereocenters. The molecule has 0 aromatic heterocycles. The lowest BCUT2D eigenvalue weighted by Crippen LogP contribution is -2.55. The minimum absolute atomic E-state index is 0.00111. The average molecular weight is 322 g/mol. The second kappa shape index (κ2) is 4.77. The number of alkyl halides is 1. The quantitative estimate of drug-likeness (QED) is 0.729. The molecule has 0 spiro atoms. The van der Waals surface area contributed by atoms with Crippen LogP contribution in [0.5, 0.6) is 5.75 Å². The number of halogens is 3. The van der Waals surface area contributed by atoms with Gasteiger partial charge in [0.05, 0.1) is 0 Å².